The van der Waals surface area contributed by atoms with Gasteiger partial charge in [0.25, 0.3) is 0 Å². The first-order valence-corrected chi connectivity index (χ1v) is 9.52. The van der Waals surface area contributed by atoms with Crippen LogP contribution in [-0.2, 0) is 17.8 Å². The molecule has 2 heterocycles. The lowest BCUT2D eigenvalue weighted by molar-refractivity contribution is -0.135. The second kappa shape index (κ2) is 7.38. The predicted octanol–water partition coefficient (Wildman–Crippen LogP) is 3.37. The zero-order valence-corrected chi connectivity index (χ0v) is 14.7. The minimum absolute atomic E-state index is 0.0956. The molecule has 4 rings (SSSR count). The van der Waals surface area contributed by atoms with Crippen LogP contribution in [0.25, 0.3) is 0 Å². The molecule has 0 bridgehead atoms. The number of benzene rings is 1. The van der Waals surface area contributed by atoms with Crippen LogP contribution < -0.4 is 0 Å². The third-order valence-electron chi connectivity index (χ3n) is 5.39. The molecule has 0 N–H and O–H groups in total. The Hall–Kier alpha value is -2.17. The molecule has 1 atom stereocenters. The second-order valence-corrected chi connectivity index (χ2v) is 7.37. The summed E-state index contributed by atoms with van der Waals surface area (Å²) in [6, 6.07) is 10.4. The van der Waals surface area contributed by atoms with E-state index in [0.29, 0.717) is 6.42 Å². The number of nitrogens with zero attached hydrogens (tertiary/aromatic N) is 4. The van der Waals surface area contributed by atoms with Gasteiger partial charge < -0.3 is 9.47 Å². The van der Waals surface area contributed by atoms with Gasteiger partial charge in [0.2, 0.25) is 5.91 Å². The fraction of sp³-hybridized carbons (Fsp3) is 0.550. The van der Waals surface area contributed by atoms with Crippen LogP contribution in [0.3, 0.4) is 0 Å². The first-order chi connectivity index (χ1) is 12.3. The largest absolute Gasteiger partial charge is 0.332 e. The summed E-state index contributed by atoms with van der Waals surface area (Å²) < 4.78 is 2.19. The average Bonchev–Trinajstić information content (AvgIpc) is 3.36. The molecule has 1 saturated heterocycles. The molecule has 1 aromatic carbocycles. The van der Waals surface area contributed by atoms with Gasteiger partial charge in [-0.3, -0.25) is 4.79 Å². The minimum atomic E-state index is 0.0956. The lowest BCUT2D eigenvalue weighted by Gasteiger charge is -2.35. The number of piperidine rings is 1. The van der Waals surface area contributed by atoms with Gasteiger partial charge in [0, 0.05) is 19.5 Å². The summed E-state index contributed by atoms with van der Waals surface area (Å²) in [6.45, 7) is 1.85. The molecular weight excluding hydrogens is 312 g/mol. The van der Waals surface area contributed by atoms with Crippen molar-refractivity contribution < 1.29 is 4.79 Å². The van der Waals surface area contributed by atoms with Crippen molar-refractivity contribution in [1.29, 1.82) is 0 Å². The molecule has 1 aliphatic carbocycles. The van der Waals surface area contributed by atoms with Crippen LogP contribution in [-0.4, -0.2) is 32.1 Å². The molecule has 25 heavy (non-hydrogen) atoms. The quantitative estimate of drug-likeness (QED) is 0.811. The predicted molar refractivity (Wildman–Crippen MR) is 95.8 cm³/mol. The third-order valence-corrected chi connectivity index (χ3v) is 5.39. The summed E-state index contributed by atoms with van der Waals surface area (Å²) in [5, 5.41) is 8.53. The van der Waals surface area contributed by atoms with Gasteiger partial charge in [-0.1, -0.05) is 30.3 Å². The van der Waals surface area contributed by atoms with Crippen molar-refractivity contribution in [3.63, 3.8) is 0 Å². The molecule has 2 fully saturated rings. The summed E-state index contributed by atoms with van der Waals surface area (Å²) in [5.41, 5.74) is 1.22. The van der Waals surface area contributed by atoms with Crippen LogP contribution in [0.2, 0.25) is 0 Å². The fourth-order valence-electron chi connectivity index (χ4n) is 3.78. The maximum atomic E-state index is 12.9. The molecule has 1 unspecified atom stereocenters. The van der Waals surface area contributed by atoms with Crippen LogP contribution in [0.4, 0.5) is 0 Å². The standard InChI is InChI=1S/C20H26N4O/c25-19(12-11-16-6-2-1-3-7-16)24-13-5-4-8-18(24)20-22-21-15-23(20)14-17-9-10-17/h1-3,6-7,15,17-18H,4-5,8-14H2. The Labute approximate surface area is 149 Å². The Morgan fingerprint density at radius 1 is 1.12 bits per heavy atom. The Morgan fingerprint density at radius 2 is 1.96 bits per heavy atom. The van der Waals surface area contributed by atoms with E-state index in [1.807, 2.05) is 24.5 Å². The van der Waals surface area contributed by atoms with Crippen molar-refractivity contribution >= 4 is 5.91 Å². The lowest BCUT2D eigenvalue weighted by Crippen LogP contribution is -2.39. The van der Waals surface area contributed by atoms with Crippen LogP contribution in [0.5, 0.6) is 0 Å². The van der Waals surface area contributed by atoms with E-state index in [4.69, 9.17) is 0 Å². The Balaban J connectivity index is 1.45. The molecule has 0 radical (unpaired) electrons. The van der Waals surface area contributed by atoms with E-state index < -0.39 is 0 Å². The summed E-state index contributed by atoms with van der Waals surface area (Å²) in [7, 11) is 0. The fourth-order valence-corrected chi connectivity index (χ4v) is 3.78. The van der Waals surface area contributed by atoms with Crippen LogP contribution in [0, 0.1) is 5.92 Å². The van der Waals surface area contributed by atoms with E-state index >= 15 is 0 Å². The summed E-state index contributed by atoms with van der Waals surface area (Å²) in [4.78, 5) is 14.9. The number of hydrogen-bond donors (Lipinski definition) is 0. The van der Waals surface area contributed by atoms with Gasteiger partial charge in [-0.25, -0.2) is 0 Å². The molecule has 1 saturated carbocycles. The second-order valence-electron chi connectivity index (χ2n) is 7.37. The molecule has 5 heteroatoms. The number of rotatable bonds is 6. The smallest absolute Gasteiger partial charge is 0.223 e. The van der Waals surface area contributed by atoms with Gasteiger partial charge in [0.15, 0.2) is 5.82 Å². The first kappa shape index (κ1) is 16.3. The molecular formula is C20H26N4O. The van der Waals surface area contributed by atoms with E-state index in [9.17, 15) is 4.79 Å². The highest BCUT2D eigenvalue weighted by Gasteiger charge is 2.32. The SMILES string of the molecule is O=C(CCc1ccccc1)N1CCCCC1c1nncn1CC1CC1. The van der Waals surface area contributed by atoms with Gasteiger partial charge in [-0.05, 0) is 50.0 Å². The number of aromatic nitrogens is 3. The molecule has 1 aromatic heterocycles. The molecule has 2 aliphatic rings. The van der Waals surface area contributed by atoms with Gasteiger partial charge >= 0.3 is 0 Å². The molecule has 1 amide bonds. The van der Waals surface area contributed by atoms with Crippen molar-refractivity contribution in [1.82, 2.24) is 19.7 Å². The molecule has 5 nitrogen and oxygen atoms in total. The normalized spacial score (nSPS) is 20.6. The van der Waals surface area contributed by atoms with E-state index in [2.05, 4.69) is 31.8 Å². The van der Waals surface area contributed by atoms with Crippen molar-refractivity contribution in [2.45, 2.75) is 57.5 Å². The van der Waals surface area contributed by atoms with E-state index in [-0.39, 0.29) is 11.9 Å². The minimum Gasteiger partial charge on any atom is -0.332 e. The summed E-state index contributed by atoms with van der Waals surface area (Å²) in [6.07, 6.45) is 9.07. The summed E-state index contributed by atoms with van der Waals surface area (Å²) in [5.74, 6) is 2.01. The van der Waals surface area contributed by atoms with Crippen LogP contribution in [0.15, 0.2) is 36.7 Å². The van der Waals surface area contributed by atoms with Gasteiger partial charge in [-0.2, -0.15) is 0 Å². The van der Waals surface area contributed by atoms with Crippen molar-refractivity contribution in [3.8, 4) is 0 Å². The molecule has 132 valence electrons. The molecule has 1 aliphatic heterocycles. The maximum Gasteiger partial charge on any atom is 0.223 e. The van der Waals surface area contributed by atoms with Crippen molar-refractivity contribution in [3.05, 3.63) is 48.0 Å². The zero-order valence-electron chi connectivity index (χ0n) is 14.7. The van der Waals surface area contributed by atoms with Crippen molar-refractivity contribution in [2.75, 3.05) is 6.54 Å². The first-order valence-electron chi connectivity index (χ1n) is 9.52. The van der Waals surface area contributed by atoms with E-state index in [0.717, 1.165) is 50.5 Å². The number of hydrogen-bond acceptors (Lipinski definition) is 3. The third kappa shape index (κ3) is 3.91. The Bertz CT molecular complexity index is 707. The molecule has 0 spiro atoms. The van der Waals surface area contributed by atoms with Gasteiger partial charge in [0.05, 0.1) is 6.04 Å². The number of carbonyl (C=O) groups excluding carboxylic acids is 1. The van der Waals surface area contributed by atoms with Crippen LogP contribution in [0.1, 0.15) is 56.0 Å². The van der Waals surface area contributed by atoms with Crippen LogP contribution >= 0.6 is 0 Å². The summed E-state index contributed by atoms with van der Waals surface area (Å²) >= 11 is 0. The number of likely N-dealkylation sites (tertiary alicyclic amines) is 1. The maximum absolute atomic E-state index is 12.9. The number of aryl methyl sites for hydroxylation is 1. The highest BCUT2D eigenvalue weighted by molar-refractivity contribution is 5.77. The van der Waals surface area contributed by atoms with E-state index in [1.165, 1.54) is 18.4 Å². The highest BCUT2D eigenvalue weighted by atomic mass is 16.2. The Morgan fingerprint density at radius 3 is 2.76 bits per heavy atom. The van der Waals surface area contributed by atoms with E-state index in [1.54, 1.807) is 0 Å². The Kier molecular flexibility index (Phi) is 4.81. The average molecular weight is 338 g/mol. The number of amides is 1. The van der Waals surface area contributed by atoms with Crippen molar-refractivity contribution in [2.24, 2.45) is 5.92 Å². The highest BCUT2D eigenvalue weighted by Crippen LogP contribution is 2.34. The van der Waals surface area contributed by atoms with Gasteiger partial charge in [0.1, 0.15) is 6.33 Å². The molecule has 2 aromatic rings. The zero-order chi connectivity index (χ0) is 17.1. The number of carbonyl (C=O) groups is 1. The van der Waals surface area contributed by atoms with Gasteiger partial charge in [-0.15, -0.1) is 10.2 Å². The topological polar surface area (TPSA) is 51.0 Å². The monoisotopic (exact) mass is 338 g/mol. The lowest BCUT2D eigenvalue weighted by atomic mass is 10.00.